The molecule has 0 spiro atoms. The number of aromatic amines is 1. The summed E-state index contributed by atoms with van der Waals surface area (Å²) < 4.78 is 0. The molecular weight excluding hydrogens is 440 g/mol. The number of aromatic nitrogens is 1. The number of hydrogen-bond acceptors (Lipinski definition) is 3. The van der Waals surface area contributed by atoms with Crippen LogP contribution in [0.15, 0.2) is 54.7 Å². The fourth-order valence-corrected chi connectivity index (χ4v) is 4.47. The predicted octanol–water partition coefficient (Wildman–Crippen LogP) is 3.50. The van der Waals surface area contributed by atoms with Crippen LogP contribution in [-0.2, 0) is 21.4 Å². The Hall–Kier alpha value is -3.61. The minimum absolute atomic E-state index is 0.0111. The molecule has 7 nitrogen and oxygen atoms in total. The lowest BCUT2D eigenvalue weighted by Gasteiger charge is -2.36. The number of piperazine rings is 1. The molecule has 3 amide bonds. The Morgan fingerprint density at radius 2 is 1.57 bits per heavy atom. The third-order valence-electron chi connectivity index (χ3n) is 6.69. The van der Waals surface area contributed by atoms with Crippen LogP contribution in [0, 0.1) is 0 Å². The number of amides is 3. The largest absolute Gasteiger partial charge is 0.361 e. The van der Waals surface area contributed by atoms with Crippen molar-refractivity contribution in [2.75, 3.05) is 26.2 Å². The first-order valence-electron chi connectivity index (χ1n) is 12.2. The molecule has 1 aliphatic rings. The Balaban J connectivity index is 1.28. The smallest absolute Gasteiger partial charge is 0.251 e. The van der Waals surface area contributed by atoms with E-state index >= 15 is 0 Å². The predicted molar refractivity (Wildman–Crippen MR) is 137 cm³/mol. The van der Waals surface area contributed by atoms with Crippen LogP contribution in [0.5, 0.6) is 0 Å². The van der Waals surface area contributed by atoms with E-state index in [4.69, 9.17) is 0 Å². The molecule has 1 aromatic heterocycles. The number of nitrogens with one attached hydrogen (secondary N) is 2. The lowest BCUT2D eigenvalue weighted by Crippen LogP contribution is -2.55. The lowest BCUT2D eigenvalue weighted by molar-refractivity contribution is -0.140. The summed E-state index contributed by atoms with van der Waals surface area (Å²) in [6.07, 6.45) is 2.22. The summed E-state index contributed by atoms with van der Waals surface area (Å²) in [5, 5.41) is 3.88. The van der Waals surface area contributed by atoms with Crippen LogP contribution in [0.25, 0.3) is 10.9 Å². The number of carbonyl (C=O) groups is 3. The molecule has 0 bridgehead atoms. The zero-order valence-electron chi connectivity index (χ0n) is 20.9. The first-order chi connectivity index (χ1) is 16.6. The van der Waals surface area contributed by atoms with Crippen molar-refractivity contribution in [3.63, 3.8) is 0 Å². The van der Waals surface area contributed by atoms with Crippen LogP contribution in [-0.4, -0.2) is 64.7 Å². The van der Waals surface area contributed by atoms with Gasteiger partial charge in [0.2, 0.25) is 11.8 Å². The summed E-state index contributed by atoms with van der Waals surface area (Å²) in [6, 6.07) is 14.8. The van der Waals surface area contributed by atoms with E-state index in [2.05, 4.69) is 31.1 Å². The molecule has 2 heterocycles. The highest BCUT2D eigenvalue weighted by Crippen LogP contribution is 2.22. The van der Waals surface area contributed by atoms with Crippen molar-refractivity contribution in [2.45, 2.75) is 45.6 Å². The molecule has 7 heteroatoms. The third-order valence-corrected chi connectivity index (χ3v) is 6.69. The zero-order chi connectivity index (χ0) is 25.2. The van der Waals surface area contributed by atoms with Gasteiger partial charge in [0, 0.05) is 48.8 Å². The zero-order valence-corrected chi connectivity index (χ0v) is 20.9. The van der Waals surface area contributed by atoms with Crippen molar-refractivity contribution in [2.24, 2.45) is 0 Å². The SMILES string of the molecule is CC(NC(=O)c1ccc(C(C)(C)C)cc1)C(=O)N1CCN(C(=O)Cc2c[nH]c3ccccc23)CC1. The van der Waals surface area contributed by atoms with E-state index in [1.54, 1.807) is 24.0 Å². The Morgan fingerprint density at radius 1 is 0.943 bits per heavy atom. The van der Waals surface area contributed by atoms with Gasteiger partial charge < -0.3 is 20.1 Å². The minimum atomic E-state index is -0.640. The monoisotopic (exact) mass is 474 g/mol. The number of para-hydroxylation sites is 1. The van der Waals surface area contributed by atoms with Crippen LogP contribution in [0.1, 0.15) is 49.2 Å². The fourth-order valence-electron chi connectivity index (χ4n) is 4.47. The standard InChI is InChI=1S/C28H34N4O3/c1-19(30-26(34)20-9-11-22(12-10-20)28(2,3)4)27(35)32-15-13-31(14-16-32)25(33)17-21-18-29-24-8-6-5-7-23(21)24/h5-12,18-19,29H,13-17H2,1-4H3,(H,30,34). The Morgan fingerprint density at radius 3 is 2.23 bits per heavy atom. The summed E-state index contributed by atoms with van der Waals surface area (Å²) >= 11 is 0. The highest BCUT2D eigenvalue weighted by atomic mass is 16.2. The summed E-state index contributed by atoms with van der Waals surface area (Å²) in [5.41, 5.74) is 3.69. The molecule has 2 aromatic carbocycles. The molecule has 0 radical (unpaired) electrons. The first-order valence-corrected chi connectivity index (χ1v) is 12.2. The highest BCUT2D eigenvalue weighted by Gasteiger charge is 2.28. The lowest BCUT2D eigenvalue weighted by atomic mass is 9.86. The van der Waals surface area contributed by atoms with Crippen molar-refractivity contribution >= 4 is 28.6 Å². The van der Waals surface area contributed by atoms with Crippen LogP contribution in [0.3, 0.4) is 0 Å². The minimum Gasteiger partial charge on any atom is -0.361 e. The quantitative estimate of drug-likeness (QED) is 0.594. The maximum atomic E-state index is 12.9. The van der Waals surface area contributed by atoms with Crippen LogP contribution >= 0.6 is 0 Å². The maximum Gasteiger partial charge on any atom is 0.251 e. The normalized spacial score (nSPS) is 15.2. The van der Waals surface area contributed by atoms with Gasteiger partial charge in [-0.25, -0.2) is 0 Å². The van der Waals surface area contributed by atoms with Gasteiger partial charge in [-0.05, 0) is 41.7 Å². The molecule has 1 fully saturated rings. The summed E-state index contributed by atoms with van der Waals surface area (Å²) in [6.45, 7) is 9.97. The number of H-pyrrole nitrogens is 1. The second-order valence-electron chi connectivity index (χ2n) is 10.3. The van der Waals surface area contributed by atoms with E-state index in [1.165, 1.54) is 0 Å². The van der Waals surface area contributed by atoms with Crippen molar-refractivity contribution < 1.29 is 14.4 Å². The van der Waals surface area contributed by atoms with Gasteiger partial charge in [0.1, 0.15) is 6.04 Å². The molecule has 184 valence electrons. The van der Waals surface area contributed by atoms with Gasteiger partial charge in [-0.15, -0.1) is 0 Å². The number of rotatable bonds is 5. The Kier molecular flexibility index (Phi) is 6.96. The van der Waals surface area contributed by atoms with Gasteiger partial charge in [0.15, 0.2) is 0 Å². The average Bonchev–Trinajstić information content (AvgIpc) is 3.26. The van der Waals surface area contributed by atoms with Crippen molar-refractivity contribution in [1.29, 1.82) is 0 Å². The Bertz CT molecular complexity index is 1210. The Labute approximate surface area is 206 Å². The molecule has 2 N–H and O–H groups in total. The van der Waals surface area contributed by atoms with Gasteiger partial charge in [0.05, 0.1) is 6.42 Å². The highest BCUT2D eigenvalue weighted by molar-refractivity contribution is 5.97. The number of fused-ring (bicyclic) bond motifs is 1. The number of hydrogen-bond donors (Lipinski definition) is 2. The summed E-state index contributed by atoms with van der Waals surface area (Å²) in [4.78, 5) is 45.2. The average molecular weight is 475 g/mol. The topological polar surface area (TPSA) is 85.5 Å². The van der Waals surface area contributed by atoms with E-state index in [-0.39, 0.29) is 23.1 Å². The molecule has 1 saturated heterocycles. The van der Waals surface area contributed by atoms with Gasteiger partial charge in [0.25, 0.3) is 5.91 Å². The first kappa shape index (κ1) is 24.5. The van der Waals surface area contributed by atoms with Crippen LogP contribution < -0.4 is 5.32 Å². The molecule has 35 heavy (non-hydrogen) atoms. The van der Waals surface area contributed by atoms with E-state index in [9.17, 15) is 14.4 Å². The fraction of sp³-hybridized carbons (Fsp3) is 0.393. The molecule has 1 unspecified atom stereocenters. The number of carbonyl (C=O) groups excluding carboxylic acids is 3. The third kappa shape index (κ3) is 5.56. The van der Waals surface area contributed by atoms with E-state index in [1.807, 2.05) is 47.5 Å². The summed E-state index contributed by atoms with van der Waals surface area (Å²) in [5.74, 6) is -0.339. The maximum absolute atomic E-state index is 12.9. The van der Waals surface area contributed by atoms with Gasteiger partial charge in [-0.3, -0.25) is 14.4 Å². The van der Waals surface area contributed by atoms with Crippen molar-refractivity contribution in [1.82, 2.24) is 20.1 Å². The molecule has 4 rings (SSSR count). The molecule has 0 saturated carbocycles. The summed E-state index contributed by atoms with van der Waals surface area (Å²) in [7, 11) is 0. The molecule has 3 aromatic rings. The van der Waals surface area contributed by atoms with Crippen LogP contribution in [0.4, 0.5) is 0 Å². The van der Waals surface area contributed by atoms with Gasteiger partial charge in [-0.2, -0.15) is 0 Å². The van der Waals surface area contributed by atoms with Gasteiger partial charge >= 0.3 is 0 Å². The van der Waals surface area contributed by atoms with Gasteiger partial charge in [-0.1, -0.05) is 51.1 Å². The second kappa shape index (κ2) is 9.94. The van der Waals surface area contributed by atoms with E-state index < -0.39 is 6.04 Å². The van der Waals surface area contributed by atoms with Crippen LogP contribution in [0.2, 0.25) is 0 Å². The second-order valence-corrected chi connectivity index (χ2v) is 10.3. The molecule has 1 atom stereocenters. The van der Waals surface area contributed by atoms with Crippen molar-refractivity contribution in [3.8, 4) is 0 Å². The molecular formula is C28H34N4O3. The van der Waals surface area contributed by atoms with E-state index in [0.29, 0.717) is 38.2 Å². The van der Waals surface area contributed by atoms with Crippen molar-refractivity contribution in [3.05, 3.63) is 71.4 Å². The molecule has 0 aliphatic carbocycles. The van der Waals surface area contributed by atoms with E-state index in [0.717, 1.165) is 22.0 Å². The molecule has 1 aliphatic heterocycles. The number of nitrogens with zero attached hydrogens (tertiary/aromatic N) is 2. The number of benzene rings is 2.